The highest BCUT2D eigenvalue weighted by atomic mass is 14.3. The minimum absolute atomic E-state index is 1.27. The van der Waals surface area contributed by atoms with Crippen molar-refractivity contribution < 1.29 is 0 Å². The SMILES string of the molecule is c1cc2ccc3cc4cc(-c5ccc6c(c5)c5ccc7ccc8ccc9ccc%10ccc6c6c%10c9c8c7c56)c5c6cccc7ccc8cc9ccc%10c(c1)c2c3c1c4c5c(c8c76)c9c%101. The molecule has 0 nitrogen and oxygen atoms in total. The van der Waals surface area contributed by atoms with Crippen LogP contribution < -0.4 is 0 Å². The number of benzene rings is 19. The Morgan fingerprint density at radius 3 is 1.16 bits per heavy atom. The maximum atomic E-state index is 2.57. The van der Waals surface area contributed by atoms with Crippen LogP contribution in [-0.2, 0) is 0 Å². The summed E-state index contributed by atoms with van der Waals surface area (Å²) in [5.41, 5.74) is 2.59. The van der Waals surface area contributed by atoms with Gasteiger partial charge in [-0.25, -0.2) is 0 Å². The molecule has 0 heteroatoms. The van der Waals surface area contributed by atoms with E-state index in [0.717, 1.165) is 0 Å². The summed E-state index contributed by atoms with van der Waals surface area (Å²) < 4.78 is 0. The van der Waals surface area contributed by atoms with Crippen LogP contribution in [0.3, 0.4) is 0 Å². The largest absolute Gasteiger partial charge is 0.0610 e. The molecule has 0 aliphatic carbocycles. The van der Waals surface area contributed by atoms with E-state index in [1.165, 1.54) is 194 Å². The van der Waals surface area contributed by atoms with Crippen LogP contribution in [0, 0.1) is 0 Å². The molecule has 0 fully saturated rings. The van der Waals surface area contributed by atoms with Crippen LogP contribution in [0.4, 0.5) is 0 Å². The molecule has 0 N–H and O–H groups in total. The third kappa shape index (κ3) is 3.06. The van der Waals surface area contributed by atoms with Gasteiger partial charge in [-0.15, -0.1) is 0 Å². The van der Waals surface area contributed by atoms with E-state index in [4.69, 9.17) is 0 Å². The van der Waals surface area contributed by atoms with Crippen LogP contribution in [0.2, 0.25) is 0 Å². The first kappa shape index (κ1) is 30.7. The first-order valence-corrected chi connectivity index (χ1v) is 22.7. The second kappa shape index (κ2) is 9.67. The van der Waals surface area contributed by atoms with Crippen LogP contribution in [-0.4, -0.2) is 0 Å². The fraction of sp³-hybridized carbons (Fsp3) is 0. The molecular weight excluding hydrogens is 769 g/mol. The average Bonchev–Trinajstić information content (AvgIpc) is 3.35. The maximum absolute atomic E-state index is 2.57. The van der Waals surface area contributed by atoms with E-state index in [9.17, 15) is 0 Å². The first-order valence-electron chi connectivity index (χ1n) is 22.7. The Labute approximate surface area is 362 Å². The van der Waals surface area contributed by atoms with Gasteiger partial charge in [-0.05, 0) is 219 Å². The summed E-state index contributed by atoms with van der Waals surface area (Å²) >= 11 is 0. The van der Waals surface area contributed by atoms with Gasteiger partial charge in [0.15, 0.2) is 0 Å². The van der Waals surface area contributed by atoms with Crippen molar-refractivity contribution in [2.24, 2.45) is 0 Å². The van der Waals surface area contributed by atoms with Crippen molar-refractivity contribution in [3.63, 3.8) is 0 Å². The van der Waals surface area contributed by atoms with E-state index in [-0.39, 0.29) is 0 Å². The molecule has 0 aliphatic heterocycles. The predicted molar refractivity (Wildman–Crippen MR) is 279 cm³/mol. The Kier molecular flexibility index (Phi) is 4.63. The van der Waals surface area contributed by atoms with Crippen molar-refractivity contribution in [2.45, 2.75) is 0 Å². The van der Waals surface area contributed by atoms with Crippen LogP contribution in [0.15, 0.2) is 170 Å². The summed E-state index contributed by atoms with van der Waals surface area (Å²) in [7, 11) is 0. The summed E-state index contributed by atoms with van der Waals surface area (Å²) in [6.07, 6.45) is 0. The molecule has 19 aromatic carbocycles. The number of hydrogen-bond acceptors (Lipinski definition) is 0. The summed E-state index contributed by atoms with van der Waals surface area (Å²) in [6, 6.07) is 66.8. The minimum Gasteiger partial charge on any atom is -0.0610 e. The fourth-order valence-corrected chi connectivity index (χ4v) is 14.4. The smallest absolute Gasteiger partial charge is 0.0000918 e. The Bertz CT molecular complexity index is 5270. The third-order valence-electron chi connectivity index (χ3n) is 16.7. The van der Waals surface area contributed by atoms with E-state index < -0.39 is 0 Å². The molecule has 0 unspecified atom stereocenters. The van der Waals surface area contributed by atoms with Gasteiger partial charge in [0.1, 0.15) is 0 Å². The molecule has 0 radical (unpaired) electrons. The number of hydrogen-bond donors (Lipinski definition) is 0. The molecule has 0 saturated carbocycles. The molecule has 0 aromatic heterocycles. The topological polar surface area (TPSA) is 0 Å². The second-order valence-corrected chi connectivity index (χ2v) is 19.3. The molecule has 0 saturated heterocycles. The predicted octanol–water partition coefficient (Wildman–Crippen LogP) is 18.5. The molecule has 0 spiro atoms. The zero-order chi connectivity index (χ0) is 40.6. The number of fused-ring (bicyclic) bond motifs is 5. The molecular formula is C64H28. The van der Waals surface area contributed by atoms with Crippen LogP contribution in [0.25, 0.3) is 194 Å². The van der Waals surface area contributed by atoms with Gasteiger partial charge in [-0.1, -0.05) is 146 Å². The van der Waals surface area contributed by atoms with Gasteiger partial charge in [0.05, 0.1) is 0 Å². The highest BCUT2D eigenvalue weighted by Crippen LogP contribution is 2.58. The molecule has 19 aromatic rings. The summed E-state index contributed by atoms with van der Waals surface area (Å²) in [4.78, 5) is 0. The van der Waals surface area contributed by atoms with E-state index in [0.29, 0.717) is 0 Å². The molecule has 64 heavy (non-hydrogen) atoms. The van der Waals surface area contributed by atoms with Gasteiger partial charge in [-0.3, -0.25) is 0 Å². The normalized spacial score (nSPS) is 13.6. The monoisotopic (exact) mass is 796 g/mol. The Morgan fingerprint density at radius 2 is 0.516 bits per heavy atom. The lowest BCUT2D eigenvalue weighted by molar-refractivity contribution is 1.74. The first-order chi connectivity index (χ1) is 31.7. The van der Waals surface area contributed by atoms with Gasteiger partial charge >= 0.3 is 0 Å². The van der Waals surface area contributed by atoms with Crippen molar-refractivity contribution in [1.29, 1.82) is 0 Å². The van der Waals surface area contributed by atoms with Crippen LogP contribution >= 0.6 is 0 Å². The van der Waals surface area contributed by atoms with Gasteiger partial charge in [0, 0.05) is 0 Å². The maximum Gasteiger partial charge on any atom is -0.0000918 e. The van der Waals surface area contributed by atoms with Gasteiger partial charge in [0.25, 0.3) is 0 Å². The van der Waals surface area contributed by atoms with Crippen LogP contribution in [0.5, 0.6) is 0 Å². The molecule has 0 heterocycles. The highest BCUT2D eigenvalue weighted by molar-refractivity contribution is 6.55. The lowest BCUT2D eigenvalue weighted by Crippen LogP contribution is -1.98. The second-order valence-electron chi connectivity index (χ2n) is 19.3. The molecule has 0 atom stereocenters. The highest BCUT2D eigenvalue weighted by Gasteiger charge is 2.29. The number of rotatable bonds is 1. The van der Waals surface area contributed by atoms with Crippen molar-refractivity contribution in [3.05, 3.63) is 170 Å². The van der Waals surface area contributed by atoms with Gasteiger partial charge in [-0.2, -0.15) is 0 Å². The van der Waals surface area contributed by atoms with E-state index >= 15 is 0 Å². The Hall–Kier alpha value is -8.32. The molecule has 284 valence electrons. The van der Waals surface area contributed by atoms with E-state index in [1.807, 2.05) is 0 Å². The van der Waals surface area contributed by atoms with Crippen LogP contribution in [0.1, 0.15) is 0 Å². The summed E-state index contributed by atoms with van der Waals surface area (Å²) in [5, 5.41) is 46.6. The zero-order valence-electron chi connectivity index (χ0n) is 34.2. The summed E-state index contributed by atoms with van der Waals surface area (Å²) in [6.45, 7) is 0. The molecule has 0 amide bonds. The Balaban J connectivity index is 1.06. The van der Waals surface area contributed by atoms with Crippen molar-refractivity contribution >= 4 is 183 Å². The molecule has 0 aliphatic rings. The third-order valence-corrected chi connectivity index (χ3v) is 16.7. The molecule has 0 bridgehead atoms. The van der Waals surface area contributed by atoms with Gasteiger partial charge < -0.3 is 0 Å². The molecule has 19 rings (SSSR count). The standard InChI is InChI=1S/C64H28/c1-3-29-13-16-37-26-39-28-46(35-19-21-40-42-22-17-33-11-9-31-7-8-32-10-12-34-18-23-44(47(40)27-35)60-53(34)51(32)50(31)52(33)59(42)60)58-45-6-2-4-30-14-15-36-25-38-20-24-43-41(5-1)48(29)54(37)62-57(39)64(58)63(55(36)49(30)45)56(38)61(43)62/h1-28H. The average molecular weight is 797 g/mol. The van der Waals surface area contributed by atoms with E-state index in [2.05, 4.69) is 170 Å². The van der Waals surface area contributed by atoms with Gasteiger partial charge in [0.2, 0.25) is 0 Å². The van der Waals surface area contributed by atoms with E-state index in [1.54, 1.807) is 0 Å². The van der Waals surface area contributed by atoms with Crippen molar-refractivity contribution in [1.82, 2.24) is 0 Å². The lowest BCUT2D eigenvalue weighted by Gasteiger charge is -2.27. The Morgan fingerprint density at radius 1 is 0.156 bits per heavy atom. The zero-order valence-corrected chi connectivity index (χ0v) is 34.2. The summed E-state index contributed by atoms with van der Waals surface area (Å²) in [5.74, 6) is 0. The lowest BCUT2D eigenvalue weighted by atomic mass is 9.75. The fourth-order valence-electron chi connectivity index (χ4n) is 14.4. The van der Waals surface area contributed by atoms with Crippen molar-refractivity contribution in [3.8, 4) is 11.1 Å². The van der Waals surface area contributed by atoms with Crippen molar-refractivity contribution in [2.75, 3.05) is 0 Å². The quantitative estimate of drug-likeness (QED) is 0.115. The minimum atomic E-state index is 1.27.